The van der Waals surface area contributed by atoms with E-state index >= 15 is 0 Å². The number of nitrogens with zero attached hydrogens (tertiary/aromatic N) is 1. The van der Waals surface area contributed by atoms with Crippen LogP contribution in [0.2, 0.25) is 10.0 Å². The van der Waals surface area contributed by atoms with Crippen LogP contribution < -0.4 is 10.1 Å². The normalized spacial score (nSPS) is 15.8. The summed E-state index contributed by atoms with van der Waals surface area (Å²) in [6.45, 7) is -0.413. The van der Waals surface area contributed by atoms with Gasteiger partial charge in [-0.25, -0.2) is 0 Å². The van der Waals surface area contributed by atoms with Crippen molar-refractivity contribution in [3.8, 4) is 5.75 Å². The zero-order valence-electron chi connectivity index (χ0n) is 12.9. The quantitative estimate of drug-likeness (QED) is 0.847. The molecule has 0 bridgehead atoms. The van der Waals surface area contributed by atoms with Crippen LogP contribution in [-0.2, 0) is 9.59 Å². The molecule has 25 heavy (non-hydrogen) atoms. The van der Waals surface area contributed by atoms with E-state index in [0.717, 1.165) is 4.90 Å². The molecule has 1 fully saturated rings. The average molecular weight is 399 g/mol. The molecule has 1 aromatic rings. The Morgan fingerprint density at radius 3 is 2.44 bits per heavy atom. The van der Waals surface area contributed by atoms with Crippen LogP contribution >= 0.6 is 23.2 Å². The van der Waals surface area contributed by atoms with E-state index in [-0.39, 0.29) is 43.6 Å². The lowest BCUT2D eigenvalue weighted by atomic mass is 10.0. The minimum atomic E-state index is -4.87. The molecule has 0 aliphatic carbocycles. The molecule has 0 unspecified atom stereocenters. The first-order chi connectivity index (χ1) is 11.7. The average Bonchev–Trinajstić information content (AvgIpc) is 2.53. The second-order valence-electron chi connectivity index (χ2n) is 5.50. The number of ether oxygens (including phenoxy) is 1. The molecule has 0 atom stereocenters. The summed E-state index contributed by atoms with van der Waals surface area (Å²) in [5.41, 5.74) is 0. The second kappa shape index (κ2) is 8.14. The van der Waals surface area contributed by atoms with Crippen molar-refractivity contribution in [2.24, 2.45) is 0 Å². The van der Waals surface area contributed by atoms with Gasteiger partial charge in [-0.3, -0.25) is 9.59 Å². The van der Waals surface area contributed by atoms with Gasteiger partial charge in [0.25, 0.3) is 5.91 Å². The predicted octanol–water partition coefficient (Wildman–Crippen LogP) is 3.04. The molecule has 2 rings (SSSR count). The molecular formula is C15H15Cl2F3N2O3. The Balaban J connectivity index is 1.76. The van der Waals surface area contributed by atoms with E-state index in [0.29, 0.717) is 10.8 Å². The summed E-state index contributed by atoms with van der Waals surface area (Å²) in [6.07, 6.45) is -4.38. The van der Waals surface area contributed by atoms with Crippen LogP contribution in [0.4, 0.5) is 13.2 Å². The van der Waals surface area contributed by atoms with Crippen LogP contribution in [0.5, 0.6) is 5.75 Å². The number of hydrogen-bond acceptors (Lipinski definition) is 3. The van der Waals surface area contributed by atoms with E-state index in [1.165, 1.54) is 12.1 Å². The molecule has 1 aliphatic rings. The van der Waals surface area contributed by atoms with Gasteiger partial charge in [-0.1, -0.05) is 23.2 Å². The molecule has 5 nitrogen and oxygen atoms in total. The van der Waals surface area contributed by atoms with Crippen molar-refractivity contribution in [3.05, 3.63) is 28.2 Å². The lowest BCUT2D eigenvalue weighted by Crippen LogP contribution is -2.50. The number of hydrogen-bond donors (Lipinski definition) is 1. The molecule has 1 saturated heterocycles. The standard InChI is InChI=1S/C15H15Cl2F3N2O3/c16-9-1-2-12(11(17)7-9)25-8-13(23)21-10-3-5-22(6-4-10)14(24)15(18,19)20/h1-2,7,10H,3-6,8H2,(H,21,23). The Morgan fingerprint density at radius 1 is 1.24 bits per heavy atom. The van der Waals surface area contributed by atoms with Gasteiger partial charge in [0.05, 0.1) is 5.02 Å². The first-order valence-electron chi connectivity index (χ1n) is 7.40. The molecule has 0 spiro atoms. The largest absolute Gasteiger partial charge is 0.482 e. The maximum Gasteiger partial charge on any atom is 0.471 e. The summed E-state index contributed by atoms with van der Waals surface area (Å²) in [7, 11) is 0. The SMILES string of the molecule is O=C(COc1ccc(Cl)cc1Cl)NC1CCN(C(=O)C(F)(F)F)CC1. The zero-order valence-corrected chi connectivity index (χ0v) is 14.4. The van der Waals surface area contributed by atoms with E-state index in [1.54, 1.807) is 6.07 Å². The molecule has 0 aromatic heterocycles. The summed E-state index contributed by atoms with van der Waals surface area (Å²) in [5.74, 6) is -1.98. The molecule has 138 valence electrons. The number of halogens is 5. The van der Waals surface area contributed by atoms with Crippen LogP contribution in [0.15, 0.2) is 18.2 Å². The van der Waals surface area contributed by atoms with Gasteiger partial charge >= 0.3 is 12.1 Å². The number of carbonyl (C=O) groups excluding carboxylic acids is 2. The number of amides is 2. The first-order valence-corrected chi connectivity index (χ1v) is 8.15. The summed E-state index contributed by atoms with van der Waals surface area (Å²) >= 11 is 11.7. The maximum atomic E-state index is 12.4. The summed E-state index contributed by atoms with van der Waals surface area (Å²) in [5, 5.41) is 3.36. The van der Waals surface area contributed by atoms with Gasteiger partial charge in [0.1, 0.15) is 5.75 Å². The third kappa shape index (κ3) is 5.67. The van der Waals surface area contributed by atoms with E-state index in [1.807, 2.05) is 0 Å². The fraction of sp³-hybridized carbons (Fsp3) is 0.467. The molecule has 1 aromatic carbocycles. The Kier molecular flexibility index (Phi) is 6.40. The molecule has 2 amide bonds. The van der Waals surface area contributed by atoms with Gasteiger partial charge in [0.15, 0.2) is 6.61 Å². The summed E-state index contributed by atoms with van der Waals surface area (Å²) in [4.78, 5) is 23.7. The molecule has 1 heterocycles. The van der Waals surface area contributed by atoms with E-state index in [2.05, 4.69) is 5.32 Å². The van der Waals surface area contributed by atoms with Crippen LogP contribution in [0, 0.1) is 0 Å². The van der Waals surface area contributed by atoms with Crippen LogP contribution in [0.25, 0.3) is 0 Å². The van der Waals surface area contributed by atoms with Crippen molar-refractivity contribution < 1.29 is 27.5 Å². The predicted molar refractivity (Wildman–Crippen MR) is 85.8 cm³/mol. The fourth-order valence-corrected chi connectivity index (χ4v) is 2.87. The lowest BCUT2D eigenvalue weighted by molar-refractivity contribution is -0.186. The Labute approximate surface area is 152 Å². The van der Waals surface area contributed by atoms with Gasteiger partial charge in [-0.05, 0) is 31.0 Å². The number of likely N-dealkylation sites (tertiary alicyclic amines) is 1. The fourth-order valence-electron chi connectivity index (χ4n) is 2.41. The zero-order chi connectivity index (χ0) is 18.6. The van der Waals surface area contributed by atoms with Crippen molar-refractivity contribution >= 4 is 35.0 Å². The van der Waals surface area contributed by atoms with Crippen molar-refractivity contribution in [3.63, 3.8) is 0 Å². The first kappa shape index (κ1) is 19.7. The van der Waals surface area contributed by atoms with Crippen LogP contribution in [-0.4, -0.2) is 48.6 Å². The Bertz CT molecular complexity index is 647. The van der Waals surface area contributed by atoms with Gasteiger partial charge in [-0.15, -0.1) is 0 Å². The number of piperidine rings is 1. The molecule has 1 aliphatic heterocycles. The lowest BCUT2D eigenvalue weighted by Gasteiger charge is -2.32. The Hall–Kier alpha value is -1.67. The van der Waals surface area contributed by atoms with Crippen molar-refractivity contribution in [1.29, 1.82) is 0 Å². The molecule has 1 N–H and O–H groups in total. The van der Waals surface area contributed by atoms with Gasteiger partial charge in [0, 0.05) is 24.2 Å². The molecule has 10 heteroatoms. The van der Waals surface area contributed by atoms with Crippen molar-refractivity contribution in [2.45, 2.75) is 25.1 Å². The van der Waals surface area contributed by atoms with Gasteiger partial charge in [0.2, 0.25) is 0 Å². The topological polar surface area (TPSA) is 58.6 Å². The highest BCUT2D eigenvalue weighted by molar-refractivity contribution is 6.35. The number of alkyl halides is 3. The van der Waals surface area contributed by atoms with E-state index in [4.69, 9.17) is 27.9 Å². The Morgan fingerprint density at radius 2 is 1.88 bits per heavy atom. The monoisotopic (exact) mass is 398 g/mol. The summed E-state index contributed by atoms with van der Waals surface area (Å²) < 4.78 is 42.4. The maximum absolute atomic E-state index is 12.4. The number of nitrogens with one attached hydrogen (secondary N) is 1. The highest BCUT2D eigenvalue weighted by Gasteiger charge is 2.43. The van der Waals surface area contributed by atoms with E-state index in [9.17, 15) is 22.8 Å². The van der Waals surface area contributed by atoms with Gasteiger partial charge < -0.3 is 15.0 Å². The third-order valence-corrected chi connectivity index (χ3v) is 4.17. The summed E-state index contributed by atoms with van der Waals surface area (Å²) in [6, 6.07) is 4.26. The van der Waals surface area contributed by atoms with Crippen LogP contribution in [0.3, 0.4) is 0 Å². The molecular weight excluding hydrogens is 384 g/mol. The minimum Gasteiger partial charge on any atom is -0.482 e. The number of carbonyl (C=O) groups is 2. The number of rotatable bonds is 4. The van der Waals surface area contributed by atoms with E-state index < -0.39 is 18.0 Å². The minimum absolute atomic E-state index is 0.0623. The second-order valence-corrected chi connectivity index (χ2v) is 6.34. The smallest absolute Gasteiger partial charge is 0.471 e. The van der Waals surface area contributed by atoms with Gasteiger partial charge in [-0.2, -0.15) is 13.2 Å². The highest BCUT2D eigenvalue weighted by atomic mass is 35.5. The molecule has 0 radical (unpaired) electrons. The number of benzene rings is 1. The molecule has 0 saturated carbocycles. The third-order valence-electron chi connectivity index (χ3n) is 3.64. The van der Waals surface area contributed by atoms with Crippen molar-refractivity contribution in [1.82, 2.24) is 10.2 Å². The van der Waals surface area contributed by atoms with Crippen LogP contribution in [0.1, 0.15) is 12.8 Å². The van der Waals surface area contributed by atoms with Crippen molar-refractivity contribution in [2.75, 3.05) is 19.7 Å². The highest BCUT2D eigenvalue weighted by Crippen LogP contribution is 2.27.